The highest BCUT2D eigenvalue weighted by Crippen LogP contribution is 2.37. The van der Waals surface area contributed by atoms with E-state index in [1.807, 2.05) is 4.68 Å². The highest BCUT2D eigenvalue weighted by atomic mass is 35.5. The molecule has 1 fully saturated rings. The van der Waals surface area contributed by atoms with Gasteiger partial charge in [-0.3, -0.25) is 4.79 Å². The standard InChI is InChI=1S/C18H17ClN4O3S/c19-12-4-7-16(17(25)26-15-3-1-2-14(24)9-15)11(8-12)10-27-18-20-21-22-23(18)13-5-6-13/h4,7-9,13H,1-3,5-6,10H2. The fourth-order valence-electron chi connectivity index (χ4n) is 2.87. The zero-order chi connectivity index (χ0) is 18.8. The molecule has 0 aliphatic heterocycles. The van der Waals surface area contributed by atoms with Crippen molar-refractivity contribution >= 4 is 35.1 Å². The Morgan fingerprint density at radius 2 is 2.19 bits per heavy atom. The van der Waals surface area contributed by atoms with Crippen LogP contribution in [-0.2, 0) is 15.3 Å². The van der Waals surface area contributed by atoms with E-state index in [4.69, 9.17) is 16.3 Å². The average Bonchev–Trinajstić information content (AvgIpc) is 3.38. The number of carbonyl (C=O) groups is 2. The Bertz CT molecular complexity index is 923. The van der Waals surface area contributed by atoms with Gasteiger partial charge in [-0.15, -0.1) is 5.10 Å². The van der Waals surface area contributed by atoms with Crippen LogP contribution in [0.15, 0.2) is 35.2 Å². The van der Waals surface area contributed by atoms with Crippen LogP contribution < -0.4 is 0 Å². The molecule has 9 heteroatoms. The molecule has 27 heavy (non-hydrogen) atoms. The van der Waals surface area contributed by atoms with Crippen molar-refractivity contribution in [3.8, 4) is 0 Å². The Morgan fingerprint density at radius 3 is 2.96 bits per heavy atom. The number of esters is 1. The Labute approximate surface area is 165 Å². The summed E-state index contributed by atoms with van der Waals surface area (Å²) in [5.41, 5.74) is 1.17. The van der Waals surface area contributed by atoms with Crippen LogP contribution in [0.5, 0.6) is 0 Å². The van der Waals surface area contributed by atoms with Gasteiger partial charge >= 0.3 is 5.97 Å². The van der Waals surface area contributed by atoms with Gasteiger partial charge in [0.25, 0.3) is 0 Å². The van der Waals surface area contributed by atoms with Crippen LogP contribution in [0.2, 0.25) is 5.02 Å². The molecule has 0 saturated heterocycles. The fourth-order valence-corrected chi connectivity index (χ4v) is 4.00. The minimum atomic E-state index is -0.481. The number of ketones is 1. The number of thioether (sulfide) groups is 1. The zero-order valence-corrected chi connectivity index (χ0v) is 16.0. The number of carbonyl (C=O) groups excluding carboxylic acids is 2. The average molecular weight is 405 g/mol. The van der Waals surface area contributed by atoms with Crippen LogP contribution in [0, 0.1) is 0 Å². The number of benzene rings is 1. The minimum Gasteiger partial charge on any atom is -0.427 e. The van der Waals surface area contributed by atoms with Crippen molar-refractivity contribution in [2.45, 2.75) is 49.1 Å². The van der Waals surface area contributed by atoms with Gasteiger partial charge in [-0.1, -0.05) is 23.4 Å². The maximum Gasteiger partial charge on any atom is 0.343 e. The van der Waals surface area contributed by atoms with E-state index in [0.717, 1.165) is 23.6 Å². The summed E-state index contributed by atoms with van der Waals surface area (Å²) >= 11 is 7.58. The van der Waals surface area contributed by atoms with Gasteiger partial charge in [0.2, 0.25) is 5.16 Å². The lowest BCUT2D eigenvalue weighted by Gasteiger charge is -2.14. The van der Waals surface area contributed by atoms with Crippen LogP contribution in [0.3, 0.4) is 0 Å². The summed E-state index contributed by atoms with van der Waals surface area (Å²) in [5, 5.41) is 13.1. The molecule has 0 bridgehead atoms. The van der Waals surface area contributed by atoms with Crippen LogP contribution in [0.1, 0.15) is 54.1 Å². The van der Waals surface area contributed by atoms with E-state index in [9.17, 15) is 9.59 Å². The van der Waals surface area contributed by atoms with E-state index in [1.165, 1.54) is 17.8 Å². The molecule has 0 radical (unpaired) electrons. The Balaban J connectivity index is 1.50. The van der Waals surface area contributed by atoms with Gasteiger partial charge < -0.3 is 4.74 Å². The van der Waals surface area contributed by atoms with E-state index in [0.29, 0.717) is 47.4 Å². The second kappa shape index (κ2) is 7.82. The van der Waals surface area contributed by atoms with Gasteiger partial charge in [0, 0.05) is 29.7 Å². The van der Waals surface area contributed by atoms with E-state index >= 15 is 0 Å². The molecule has 0 spiro atoms. The number of halogens is 1. The molecule has 0 N–H and O–H groups in total. The molecule has 2 aliphatic carbocycles. The molecule has 1 heterocycles. The SMILES string of the molecule is O=C1C=C(OC(=O)c2ccc(Cl)cc2CSc2nnnn2C2CC2)CCC1. The van der Waals surface area contributed by atoms with Crippen molar-refractivity contribution in [2.24, 2.45) is 0 Å². The number of tetrazole rings is 1. The number of ether oxygens (including phenoxy) is 1. The first-order valence-electron chi connectivity index (χ1n) is 8.75. The third kappa shape index (κ3) is 4.39. The molecule has 1 saturated carbocycles. The third-order valence-electron chi connectivity index (χ3n) is 4.39. The first-order chi connectivity index (χ1) is 13.1. The highest BCUT2D eigenvalue weighted by molar-refractivity contribution is 7.98. The van der Waals surface area contributed by atoms with Crippen molar-refractivity contribution in [1.82, 2.24) is 20.2 Å². The van der Waals surface area contributed by atoms with E-state index in [-0.39, 0.29) is 5.78 Å². The second-order valence-corrected chi connectivity index (χ2v) is 7.93. The van der Waals surface area contributed by atoms with Gasteiger partial charge in [-0.05, 0) is 53.5 Å². The summed E-state index contributed by atoms with van der Waals surface area (Å²) < 4.78 is 7.27. The summed E-state index contributed by atoms with van der Waals surface area (Å²) in [5.74, 6) is 0.408. The monoisotopic (exact) mass is 404 g/mol. The molecule has 1 aromatic heterocycles. The number of aromatic nitrogens is 4. The molecule has 2 aliphatic rings. The van der Waals surface area contributed by atoms with E-state index < -0.39 is 5.97 Å². The van der Waals surface area contributed by atoms with Crippen LogP contribution in [0.4, 0.5) is 0 Å². The van der Waals surface area contributed by atoms with Gasteiger partial charge in [0.15, 0.2) is 5.78 Å². The van der Waals surface area contributed by atoms with Crippen LogP contribution in [0.25, 0.3) is 0 Å². The number of hydrogen-bond donors (Lipinski definition) is 0. The first kappa shape index (κ1) is 18.2. The molecule has 140 valence electrons. The summed E-state index contributed by atoms with van der Waals surface area (Å²) in [6.45, 7) is 0. The molecular weight excluding hydrogens is 388 g/mol. The number of rotatable bonds is 6. The van der Waals surface area contributed by atoms with E-state index in [1.54, 1.807) is 18.2 Å². The van der Waals surface area contributed by atoms with E-state index in [2.05, 4.69) is 15.5 Å². The molecule has 0 atom stereocenters. The number of allylic oxidation sites excluding steroid dienone is 2. The Morgan fingerprint density at radius 1 is 1.33 bits per heavy atom. The predicted octanol–water partition coefficient (Wildman–Crippen LogP) is 3.75. The number of nitrogens with zero attached hydrogens (tertiary/aromatic N) is 4. The Kier molecular flexibility index (Phi) is 5.27. The van der Waals surface area contributed by atoms with Crippen LogP contribution in [-0.4, -0.2) is 32.0 Å². The summed E-state index contributed by atoms with van der Waals surface area (Å²) in [6.07, 6.45) is 5.37. The zero-order valence-electron chi connectivity index (χ0n) is 14.4. The second-order valence-electron chi connectivity index (χ2n) is 6.55. The van der Waals surface area contributed by atoms with Crippen molar-refractivity contribution in [3.05, 3.63) is 46.2 Å². The molecular formula is C18H17ClN4O3S. The Hall–Kier alpha value is -2.19. The highest BCUT2D eigenvalue weighted by Gasteiger charge is 2.28. The normalized spacial score (nSPS) is 16.9. The molecule has 7 nitrogen and oxygen atoms in total. The largest absolute Gasteiger partial charge is 0.427 e. The molecule has 0 amide bonds. The van der Waals surface area contributed by atoms with Crippen LogP contribution >= 0.6 is 23.4 Å². The third-order valence-corrected chi connectivity index (χ3v) is 5.61. The van der Waals surface area contributed by atoms with Crippen molar-refractivity contribution in [2.75, 3.05) is 0 Å². The summed E-state index contributed by atoms with van der Waals surface area (Å²) in [7, 11) is 0. The maximum absolute atomic E-state index is 12.6. The summed E-state index contributed by atoms with van der Waals surface area (Å²) in [4.78, 5) is 24.1. The quantitative estimate of drug-likeness (QED) is 0.535. The fraction of sp³-hybridized carbons (Fsp3) is 0.389. The molecule has 0 unspecified atom stereocenters. The molecule has 1 aromatic carbocycles. The smallest absolute Gasteiger partial charge is 0.343 e. The lowest BCUT2D eigenvalue weighted by Crippen LogP contribution is -2.12. The number of hydrogen-bond acceptors (Lipinski definition) is 7. The topological polar surface area (TPSA) is 87.0 Å². The minimum absolute atomic E-state index is 0.0113. The van der Waals surface area contributed by atoms with Crippen molar-refractivity contribution < 1.29 is 14.3 Å². The van der Waals surface area contributed by atoms with Crippen molar-refractivity contribution in [1.29, 1.82) is 0 Å². The van der Waals surface area contributed by atoms with Crippen molar-refractivity contribution in [3.63, 3.8) is 0 Å². The van der Waals surface area contributed by atoms with Gasteiger partial charge in [0.05, 0.1) is 11.6 Å². The van der Waals surface area contributed by atoms with Gasteiger partial charge in [0.1, 0.15) is 5.76 Å². The lowest BCUT2D eigenvalue weighted by atomic mass is 10.0. The van der Waals surface area contributed by atoms with Gasteiger partial charge in [-0.25, -0.2) is 9.48 Å². The molecule has 4 rings (SSSR count). The maximum atomic E-state index is 12.6. The summed E-state index contributed by atoms with van der Waals surface area (Å²) in [6, 6.07) is 5.43. The lowest BCUT2D eigenvalue weighted by molar-refractivity contribution is -0.115. The van der Waals surface area contributed by atoms with Gasteiger partial charge in [-0.2, -0.15) is 0 Å². The molecule has 2 aromatic rings. The first-order valence-corrected chi connectivity index (χ1v) is 10.1. The predicted molar refractivity (Wildman–Crippen MR) is 99.5 cm³/mol.